The Balaban J connectivity index is 2.05. The first-order chi connectivity index (χ1) is 9.10. The van der Waals surface area contributed by atoms with Gasteiger partial charge < -0.3 is 10.6 Å². The Morgan fingerprint density at radius 1 is 1.42 bits per heavy atom. The number of amides is 1. The van der Waals surface area contributed by atoms with Gasteiger partial charge in [0.15, 0.2) is 0 Å². The normalized spacial score (nSPS) is 16.6. The molecule has 1 aromatic rings. The first-order valence-corrected chi connectivity index (χ1v) is 7.23. The average Bonchev–Trinajstić information content (AvgIpc) is 2.37. The van der Waals surface area contributed by atoms with Crippen LogP contribution in [0.5, 0.6) is 0 Å². The molecule has 0 unspecified atom stereocenters. The molecule has 1 aromatic carbocycles. The van der Waals surface area contributed by atoms with Crippen LogP contribution in [0.3, 0.4) is 0 Å². The highest BCUT2D eigenvalue weighted by Crippen LogP contribution is 2.43. The molecular formula is C15H21ClN2O. The number of carbonyl (C=O) groups excluding carboxylic acids is 1. The molecule has 0 atom stereocenters. The Bertz CT molecular complexity index is 464. The number of hydrogen-bond acceptors (Lipinski definition) is 2. The molecule has 2 rings (SSSR count). The van der Waals surface area contributed by atoms with Crippen molar-refractivity contribution < 1.29 is 4.79 Å². The smallest absolute Gasteiger partial charge is 0.253 e. The number of anilines is 1. The molecule has 1 fully saturated rings. The van der Waals surface area contributed by atoms with Crippen molar-refractivity contribution in [2.24, 2.45) is 5.41 Å². The summed E-state index contributed by atoms with van der Waals surface area (Å²) >= 11 is 5.97. The van der Waals surface area contributed by atoms with Gasteiger partial charge in [-0.3, -0.25) is 4.79 Å². The van der Waals surface area contributed by atoms with Gasteiger partial charge in [0.1, 0.15) is 0 Å². The van der Waals surface area contributed by atoms with Gasteiger partial charge in [-0.15, -0.1) is 0 Å². The summed E-state index contributed by atoms with van der Waals surface area (Å²) in [6, 6.07) is 5.32. The van der Waals surface area contributed by atoms with Gasteiger partial charge >= 0.3 is 0 Å². The van der Waals surface area contributed by atoms with Gasteiger partial charge in [0.25, 0.3) is 5.91 Å². The van der Waals surface area contributed by atoms with Crippen molar-refractivity contribution in [2.45, 2.75) is 32.6 Å². The molecule has 1 saturated carbocycles. The molecule has 0 saturated heterocycles. The van der Waals surface area contributed by atoms with Gasteiger partial charge in [0, 0.05) is 24.3 Å². The van der Waals surface area contributed by atoms with Crippen molar-refractivity contribution in [3.05, 3.63) is 28.8 Å². The van der Waals surface area contributed by atoms with Crippen molar-refractivity contribution in [2.75, 3.05) is 18.9 Å². The summed E-state index contributed by atoms with van der Waals surface area (Å²) in [4.78, 5) is 12.3. The summed E-state index contributed by atoms with van der Waals surface area (Å²) in [5.41, 5.74) is 1.75. The van der Waals surface area contributed by atoms with Crippen molar-refractivity contribution >= 4 is 23.2 Å². The largest absolute Gasteiger partial charge is 0.387 e. The molecule has 19 heavy (non-hydrogen) atoms. The van der Waals surface area contributed by atoms with E-state index in [0.717, 1.165) is 18.7 Å². The number of halogens is 1. The van der Waals surface area contributed by atoms with Gasteiger partial charge in [-0.2, -0.15) is 0 Å². The molecule has 1 amide bonds. The maximum absolute atomic E-state index is 12.3. The molecule has 0 heterocycles. The lowest BCUT2D eigenvalue weighted by atomic mass is 9.67. The number of rotatable bonds is 5. The third-order valence-electron chi connectivity index (χ3n) is 4.28. The SMILES string of the molecule is CCC1(CNC(=O)c2cc(Cl)ccc2NC)CCC1. The predicted octanol–water partition coefficient (Wildman–Crippen LogP) is 3.69. The van der Waals surface area contributed by atoms with E-state index >= 15 is 0 Å². The number of hydrogen-bond donors (Lipinski definition) is 2. The van der Waals surface area contributed by atoms with E-state index in [1.807, 2.05) is 6.07 Å². The van der Waals surface area contributed by atoms with Crippen LogP contribution >= 0.6 is 11.6 Å². The number of carbonyl (C=O) groups is 1. The van der Waals surface area contributed by atoms with Crippen LogP contribution in [0.2, 0.25) is 5.02 Å². The Morgan fingerprint density at radius 2 is 2.16 bits per heavy atom. The average molecular weight is 281 g/mol. The molecule has 1 aliphatic carbocycles. The third kappa shape index (κ3) is 3.03. The zero-order valence-corrected chi connectivity index (χ0v) is 12.3. The predicted molar refractivity (Wildman–Crippen MR) is 79.9 cm³/mol. The van der Waals surface area contributed by atoms with Crippen LogP contribution in [0.4, 0.5) is 5.69 Å². The summed E-state index contributed by atoms with van der Waals surface area (Å²) in [5, 5.41) is 6.66. The molecule has 1 aliphatic rings. The van der Waals surface area contributed by atoms with Gasteiger partial charge in [0.05, 0.1) is 5.56 Å². The molecule has 0 spiro atoms. The van der Waals surface area contributed by atoms with Crippen LogP contribution in [-0.4, -0.2) is 19.5 Å². The van der Waals surface area contributed by atoms with E-state index in [2.05, 4.69) is 17.6 Å². The lowest BCUT2D eigenvalue weighted by Gasteiger charge is -2.41. The maximum Gasteiger partial charge on any atom is 0.253 e. The minimum atomic E-state index is -0.0495. The molecule has 104 valence electrons. The highest BCUT2D eigenvalue weighted by Gasteiger charge is 2.35. The van der Waals surface area contributed by atoms with Crippen molar-refractivity contribution in [1.82, 2.24) is 5.32 Å². The van der Waals surface area contributed by atoms with Gasteiger partial charge in [-0.25, -0.2) is 0 Å². The second-order valence-corrected chi connectivity index (χ2v) is 5.77. The Kier molecular flexibility index (Phi) is 4.35. The Morgan fingerprint density at radius 3 is 2.68 bits per heavy atom. The maximum atomic E-state index is 12.3. The van der Waals surface area contributed by atoms with Gasteiger partial charge in [0.2, 0.25) is 0 Å². The number of benzene rings is 1. The minimum Gasteiger partial charge on any atom is -0.387 e. The summed E-state index contributed by atoms with van der Waals surface area (Å²) in [5.74, 6) is -0.0495. The topological polar surface area (TPSA) is 41.1 Å². The molecular weight excluding hydrogens is 260 g/mol. The first-order valence-electron chi connectivity index (χ1n) is 6.86. The fourth-order valence-corrected chi connectivity index (χ4v) is 2.79. The Hall–Kier alpha value is -1.22. The highest BCUT2D eigenvalue weighted by atomic mass is 35.5. The van der Waals surface area contributed by atoms with Crippen LogP contribution in [0.1, 0.15) is 43.0 Å². The lowest BCUT2D eigenvalue weighted by Crippen LogP contribution is -2.41. The summed E-state index contributed by atoms with van der Waals surface area (Å²) in [6.45, 7) is 2.96. The van der Waals surface area contributed by atoms with Crippen molar-refractivity contribution in [3.63, 3.8) is 0 Å². The van der Waals surface area contributed by atoms with Crippen molar-refractivity contribution in [3.8, 4) is 0 Å². The van der Waals surface area contributed by atoms with E-state index in [1.54, 1.807) is 19.2 Å². The summed E-state index contributed by atoms with van der Waals surface area (Å²) < 4.78 is 0. The van der Waals surface area contributed by atoms with E-state index in [9.17, 15) is 4.79 Å². The van der Waals surface area contributed by atoms with E-state index in [0.29, 0.717) is 16.0 Å². The fourth-order valence-electron chi connectivity index (χ4n) is 2.62. The van der Waals surface area contributed by atoms with E-state index in [4.69, 9.17) is 11.6 Å². The van der Waals surface area contributed by atoms with Crippen LogP contribution in [0.15, 0.2) is 18.2 Å². The molecule has 0 radical (unpaired) electrons. The van der Waals surface area contributed by atoms with Crippen molar-refractivity contribution in [1.29, 1.82) is 0 Å². The minimum absolute atomic E-state index is 0.0495. The van der Waals surface area contributed by atoms with E-state index in [1.165, 1.54) is 19.3 Å². The lowest BCUT2D eigenvalue weighted by molar-refractivity contribution is 0.0851. The Labute approximate surface area is 119 Å². The molecule has 3 nitrogen and oxygen atoms in total. The molecule has 0 aromatic heterocycles. The highest BCUT2D eigenvalue weighted by molar-refractivity contribution is 6.31. The molecule has 4 heteroatoms. The van der Waals surface area contributed by atoms with E-state index < -0.39 is 0 Å². The van der Waals surface area contributed by atoms with E-state index in [-0.39, 0.29) is 5.91 Å². The molecule has 2 N–H and O–H groups in total. The second-order valence-electron chi connectivity index (χ2n) is 5.33. The fraction of sp³-hybridized carbons (Fsp3) is 0.533. The molecule has 0 aliphatic heterocycles. The molecule has 0 bridgehead atoms. The summed E-state index contributed by atoms with van der Waals surface area (Å²) in [6.07, 6.45) is 4.85. The first kappa shape index (κ1) is 14.2. The zero-order chi connectivity index (χ0) is 13.9. The van der Waals surface area contributed by atoms with Crippen LogP contribution in [0, 0.1) is 5.41 Å². The van der Waals surface area contributed by atoms with Crippen LogP contribution in [-0.2, 0) is 0 Å². The number of nitrogens with one attached hydrogen (secondary N) is 2. The van der Waals surface area contributed by atoms with Crippen LogP contribution in [0.25, 0.3) is 0 Å². The third-order valence-corrected chi connectivity index (χ3v) is 4.52. The monoisotopic (exact) mass is 280 g/mol. The second kappa shape index (κ2) is 5.83. The standard InChI is InChI=1S/C15H21ClN2O/c1-3-15(7-4-8-15)10-18-14(19)12-9-11(16)5-6-13(12)17-2/h5-6,9,17H,3-4,7-8,10H2,1-2H3,(H,18,19). The van der Waals surface area contributed by atoms with Gasteiger partial charge in [-0.05, 0) is 42.9 Å². The summed E-state index contributed by atoms with van der Waals surface area (Å²) in [7, 11) is 1.81. The zero-order valence-electron chi connectivity index (χ0n) is 11.6. The van der Waals surface area contributed by atoms with Crippen LogP contribution < -0.4 is 10.6 Å². The van der Waals surface area contributed by atoms with Gasteiger partial charge in [-0.1, -0.05) is 24.9 Å². The quantitative estimate of drug-likeness (QED) is 0.864.